The van der Waals surface area contributed by atoms with Gasteiger partial charge in [0.05, 0.1) is 10.9 Å². The molecule has 3 rings (SSSR count). The third kappa shape index (κ3) is 3.34. The van der Waals surface area contributed by atoms with Gasteiger partial charge in [0.15, 0.2) is 5.78 Å². The molecule has 2 amide bonds. The Morgan fingerprint density at radius 1 is 1.23 bits per heavy atom. The Hall–Kier alpha value is -3.42. The minimum absolute atomic E-state index is 0.0125. The van der Waals surface area contributed by atoms with E-state index in [1.54, 1.807) is 42.1 Å². The average Bonchev–Trinajstić information content (AvgIpc) is 2.92. The Balaban J connectivity index is 1.94. The van der Waals surface area contributed by atoms with Crippen LogP contribution >= 0.6 is 0 Å². The minimum atomic E-state index is -0.326. The molecule has 0 bridgehead atoms. The second-order valence-corrected chi connectivity index (χ2v) is 6.27. The predicted molar refractivity (Wildman–Crippen MR) is 100 cm³/mol. The summed E-state index contributed by atoms with van der Waals surface area (Å²) in [5.41, 5.74) is 7.92. The van der Waals surface area contributed by atoms with Crippen LogP contribution in [0, 0.1) is 0 Å². The van der Waals surface area contributed by atoms with E-state index < -0.39 is 0 Å². The van der Waals surface area contributed by atoms with Crippen molar-refractivity contribution in [3.63, 3.8) is 0 Å². The number of ketones is 1. The molecule has 1 aromatic carbocycles. The number of carbonyl (C=O) groups excluding carboxylic acids is 2. The third-order valence-corrected chi connectivity index (χ3v) is 3.83. The van der Waals surface area contributed by atoms with Crippen molar-refractivity contribution in [3.05, 3.63) is 47.9 Å². The maximum absolute atomic E-state index is 13.0. The fourth-order valence-electron chi connectivity index (χ4n) is 2.73. The number of nitrogens with zero attached hydrogens (tertiary/aromatic N) is 3. The van der Waals surface area contributed by atoms with Gasteiger partial charge in [-0.05, 0) is 26.0 Å². The first kappa shape index (κ1) is 17.4. The lowest BCUT2D eigenvalue weighted by atomic mass is 10.0. The van der Waals surface area contributed by atoms with E-state index in [0.717, 1.165) is 0 Å². The van der Waals surface area contributed by atoms with E-state index in [2.05, 4.69) is 20.6 Å². The number of nitrogen functional groups attached to an aromatic ring is 1. The molecule has 0 saturated heterocycles. The van der Waals surface area contributed by atoms with E-state index in [0.29, 0.717) is 27.8 Å². The molecule has 0 fully saturated rings. The topological polar surface area (TPSA) is 115 Å². The molecule has 0 radical (unpaired) electrons. The Labute approximate surface area is 150 Å². The van der Waals surface area contributed by atoms with Gasteiger partial charge in [0.25, 0.3) is 0 Å². The Bertz CT molecular complexity index is 993. The van der Waals surface area contributed by atoms with Gasteiger partial charge < -0.3 is 20.9 Å². The van der Waals surface area contributed by atoms with Crippen molar-refractivity contribution in [1.82, 2.24) is 19.9 Å². The van der Waals surface area contributed by atoms with Crippen molar-refractivity contribution in [2.45, 2.75) is 19.9 Å². The second-order valence-electron chi connectivity index (χ2n) is 6.27. The smallest absolute Gasteiger partial charge is 0.319 e. The van der Waals surface area contributed by atoms with Gasteiger partial charge in [-0.25, -0.2) is 14.8 Å². The van der Waals surface area contributed by atoms with Crippen LogP contribution in [0.25, 0.3) is 11.0 Å². The van der Waals surface area contributed by atoms with Crippen LogP contribution in [-0.4, -0.2) is 32.4 Å². The van der Waals surface area contributed by atoms with Crippen molar-refractivity contribution in [2.75, 3.05) is 11.1 Å². The van der Waals surface area contributed by atoms with Gasteiger partial charge in [0.1, 0.15) is 17.8 Å². The highest BCUT2D eigenvalue weighted by Gasteiger charge is 2.19. The Morgan fingerprint density at radius 2 is 2.00 bits per heavy atom. The number of rotatable bonds is 4. The summed E-state index contributed by atoms with van der Waals surface area (Å²) in [5, 5.41) is 5.98. The SMILES string of the molecule is CC(C)NC(=O)Nc1cccc(C(=O)c2cn(C)c3ncnc(N)c23)c1. The zero-order valence-corrected chi connectivity index (χ0v) is 14.8. The van der Waals surface area contributed by atoms with Gasteiger partial charge in [0, 0.05) is 30.5 Å². The molecule has 2 heterocycles. The Morgan fingerprint density at radius 3 is 2.73 bits per heavy atom. The summed E-state index contributed by atoms with van der Waals surface area (Å²) in [7, 11) is 1.79. The number of hydrogen-bond donors (Lipinski definition) is 3. The summed E-state index contributed by atoms with van der Waals surface area (Å²) in [6.45, 7) is 3.74. The van der Waals surface area contributed by atoms with E-state index in [4.69, 9.17) is 5.73 Å². The number of carbonyl (C=O) groups is 2. The second kappa shape index (κ2) is 6.83. The van der Waals surface area contributed by atoms with Gasteiger partial charge in [0.2, 0.25) is 0 Å². The summed E-state index contributed by atoms with van der Waals surface area (Å²) < 4.78 is 1.73. The lowest BCUT2D eigenvalue weighted by Crippen LogP contribution is -2.34. The average molecular weight is 352 g/mol. The lowest BCUT2D eigenvalue weighted by molar-refractivity contribution is 0.104. The predicted octanol–water partition coefficient (Wildman–Crippen LogP) is 2.31. The number of anilines is 2. The first-order valence-electron chi connectivity index (χ1n) is 8.14. The molecule has 0 spiro atoms. The van der Waals surface area contributed by atoms with Crippen LogP contribution in [0.5, 0.6) is 0 Å². The molecule has 0 atom stereocenters. The van der Waals surface area contributed by atoms with Gasteiger partial charge >= 0.3 is 6.03 Å². The zero-order valence-electron chi connectivity index (χ0n) is 14.8. The molecule has 0 aliphatic heterocycles. The summed E-state index contributed by atoms with van der Waals surface area (Å²) in [6, 6.07) is 6.43. The summed E-state index contributed by atoms with van der Waals surface area (Å²) in [5.74, 6) is 0.0366. The van der Waals surface area contributed by atoms with Crippen LogP contribution in [0.1, 0.15) is 29.8 Å². The van der Waals surface area contributed by atoms with E-state index in [1.807, 2.05) is 13.8 Å². The first-order chi connectivity index (χ1) is 12.4. The van der Waals surface area contributed by atoms with Crippen molar-refractivity contribution < 1.29 is 9.59 Å². The molecule has 2 aromatic heterocycles. The number of urea groups is 1. The standard InChI is InChI=1S/C18H20N6O2/c1-10(2)22-18(26)23-12-6-4-5-11(7-12)15(25)13-8-24(3)17-14(13)16(19)20-9-21-17/h4-10H,1-3H3,(H2,19,20,21)(H2,22,23,26). The number of nitrogens with two attached hydrogens (primary N) is 1. The number of nitrogens with one attached hydrogen (secondary N) is 2. The highest BCUT2D eigenvalue weighted by molar-refractivity contribution is 6.18. The molecule has 0 aliphatic rings. The molecule has 8 nitrogen and oxygen atoms in total. The lowest BCUT2D eigenvalue weighted by Gasteiger charge is -2.10. The number of aryl methyl sites for hydroxylation is 1. The monoisotopic (exact) mass is 352 g/mol. The third-order valence-electron chi connectivity index (χ3n) is 3.83. The number of amides is 2. The molecular weight excluding hydrogens is 332 g/mol. The quantitative estimate of drug-likeness (QED) is 0.623. The summed E-state index contributed by atoms with van der Waals surface area (Å²) in [6.07, 6.45) is 3.05. The molecule has 0 aliphatic carbocycles. The fourth-order valence-corrected chi connectivity index (χ4v) is 2.73. The van der Waals surface area contributed by atoms with Crippen molar-refractivity contribution in [3.8, 4) is 0 Å². The minimum Gasteiger partial charge on any atom is -0.383 e. The van der Waals surface area contributed by atoms with E-state index in [9.17, 15) is 9.59 Å². The highest BCUT2D eigenvalue weighted by Crippen LogP contribution is 2.26. The van der Waals surface area contributed by atoms with Crippen molar-refractivity contribution >= 4 is 34.4 Å². The first-order valence-corrected chi connectivity index (χ1v) is 8.14. The maximum atomic E-state index is 13.0. The van der Waals surface area contributed by atoms with Gasteiger partial charge in [-0.2, -0.15) is 0 Å². The van der Waals surface area contributed by atoms with Crippen molar-refractivity contribution in [2.24, 2.45) is 7.05 Å². The largest absolute Gasteiger partial charge is 0.383 e. The molecule has 3 aromatic rings. The number of fused-ring (bicyclic) bond motifs is 1. The summed E-state index contributed by atoms with van der Waals surface area (Å²) in [4.78, 5) is 33.0. The highest BCUT2D eigenvalue weighted by atomic mass is 16.2. The van der Waals surface area contributed by atoms with Gasteiger partial charge in [-0.3, -0.25) is 4.79 Å². The number of benzene rings is 1. The molecule has 26 heavy (non-hydrogen) atoms. The maximum Gasteiger partial charge on any atom is 0.319 e. The van der Waals surface area contributed by atoms with Crippen LogP contribution < -0.4 is 16.4 Å². The molecular formula is C18H20N6O2. The fraction of sp³-hybridized carbons (Fsp3) is 0.222. The number of aromatic nitrogens is 3. The normalized spacial score (nSPS) is 10.9. The zero-order chi connectivity index (χ0) is 18.8. The van der Waals surface area contributed by atoms with Gasteiger partial charge in [-0.1, -0.05) is 12.1 Å². The van der Waals surface area contributed by atoms with Crippen molar-refractivity contribution in [1.29, 1.82) is 0 Å². The summed E-state index contributed by atoms with van der Waals surface area (Å²) >= 11 is 0. The van der Waals surface area contributed by atoms with Crippen LogP contribution in [0.2, 0.25) is 0 Å². The Kier molecular flexibility index (Phi) is 4.57. The van der Waals surface area contributed by atoms with Crippen LogP contribution in [0.3, 0.4) is 0 Å². The number of hydrogen-bond acceptors (Lipinski definition) is 5. The molecule has 134 valence electrons. The van der Waals surface area contributed by atoms with E-state index in [1.165, 1.54) is 6.33 Å². The molecule has 8 heteroatoms. The molecule has 0 unspecified atom stereocenters. The van der Waals surface area contributed by atoms with E-state index in [-0.39, 0.29) is 23.7 Å². The molecule has 4 N–H and O–H groups in total. The van der Waals surface area contributed by atoms with Crippen LogP contribution in [0.4, 0.5) is 16.3 Å². The van der Waals surface area contributed by atoms with Crippen LogP contribution in [0.15, 0.2) is 36.8 Å². The molecule has 0 saturated carbocycles. The van der Waals surface area contributed by atoms with E-state index >= 15 is 0 Å². The van der Waals surface area contributed by atoms with Crippen LogP contribution in [-0.2, 0) is 7.05 Å². The van der Waals surface area contributed by atoms with Gasteiger partial charge in [-0.15, -0.1) is 0 Å².